The number of nitrogens with two attached hydrogens (primary N) is 1. The van der Waals surface area contributed by atoms with Crippen LogP contribution < -0.4 is 66.9 Å². The molecule has 0 aromatic heterocycles. The standard InChI is InChI=1S/C5H13N.3C4H4O4.K/c1-3-5-6-4-2;3*5-3(6)1-2-4(7)8;/h6H,3-5H2,1-2H3;3*1-2H,(H,5,6)(H,7,8);/q;;;;+1/p-1/b;3*2-1+;. The maximum absolute atomic E-state index is 9.55. The molecule has 0 aromatic rings. The molecule has 0 aromatic carbocycles. The molecule has 0 radical (unpaired) electrons. The van der Waals surface area contributed by atoms with Crippen molar-refractivity contribution in [1.29, 1.82) is 0 Å². The van der Waals surface area contributed by atoms with Gasteiger partial charge in [0.1, 0.15) is 0 Å². The van der Waals surface area contributed by atoms with Crippen molar-refractivity contribution in [3.05, 3.63) is 36.5 Å². The van der Waals surface area contributed by atoms with E-state index >= 15 is 0 Å². The first-order valence-corrected chi connectivity index (χ1v) is 7.99. The summed E-state index contributed by atoms with van der Waals surface area (Å²) in [6.45, 7) is 6.90. The van der Waals surface area contributed by atoms with E-state index in [0.29, 0.717) is 36.5 Å². The van der Waals surface area contributed by atoms with Crippen LogP contribution in [0.25, 0.3) is 0 Å². The van der Waals surface area contributed by atoms with Crippen molar-refractivity contribution in [1.82, 2.24) is 0 Å². The molecule has 0 amide bonds. The molecule has 170 valence electrons. The van der Waals surface area contributed by atoms with Crippen LogP contribution in [0.15, 0.2) is 36.5 Å². The Morgan fingerprint density at radius 1 is 0.645 bits per heavy atom. The zero-order chi connectivity index (χ0) is 24.5. The summed E-state index contributed by atoms with van der Waals surface area (Å²) in [5.74, 6) is -8.12. The smallest absolute Gasteiger partial charge is 0.545 e. The molecule has 0 unspecified atom stereocenters. The molecule has 0 aliphatic carbocycles. The van der Waals surface area contributed by atoms with Gasteiger partial charge in [-0.25, -0.2) is 19.2 Å². The Morgan fingerprint density at radius 2 is 0.903 bits per heavy atom. The Balaban J connectivity index is -0.0000000965. The Bertz CT molecular complexity index is 508. The fourth-order valence-corrected chi connectivity index (χ4v) is 0.829. The number of hydrogen-bond donors (Lipinski definition) is 5. The van der Waals surface area contributed by atoms with Gasteiger partial charge in [-0.05, 0) is 25.5 Å². The van der Waals surface area contributed by atoms with Gasteiger partial charge in [0.25, 0.3) is 0 Å². The van der Waals surface area contributed by atoms with Gasteiger partial charge in [-0.2, -0.15) is 0 Å². The second-order valence-electron chi connectivity index (χ2n) is 4.48. The molecule has 0 fully saturated rings. The van der Waals surface area contributed by atoms with E-state index in [4.69, 9.17) is 20.4 Å². The van der Waals surface area contributed by atoms with Gasteiger partial charge in [0.05, 0.1) is 25.0 Å². The zero-order valence-electron chi connectivity index (χ0n) is 17.2. The minimum Gasteiger partial charge on any atom is -0.545 e. The summed E-state index contributed by atoms with van der Waals surface area (Å²) in [5, 5.41) is 52.4. The van der Waals surface area contributed by atoms with E-state index in [9.17, 15) is 39.0 Å². The molecule has 0 saturated heterocycles. The molecule has 0 aliphatic rings. The fourth-order valence-electron chi connectivity index (χ4n) is 0.829. The van der Waals surface area contributed by atoms with Crippen LogP contribution in [0, 0.1) is 0 Å². The molecule has 0 spiro atoms. The van der Waals surface area contributed by atoms with Crippen molar-refractivity contribution >= 4 is 35.8 Å². The first-order chi connectivity index (χ1) is 13.8. The van der Waals surface area contributed by atoms with Crippen LogP contribution in [0.1, 0.15) is 20.3 Å². The van der Waals surface area contributed by atoms with E-state index in [1.54, 1.807) is 0 Å². The van der Waals surface area contributed by atoms with Crippen molar-refractivity contribution < 1.29 is 116 Å². The summed E-state index contributed by atoms with van der Waals surface area (Å²) in [6, 6.07) is 0. The Morgan fingerprint density at radius 3 is 1.00 bits per heavy atom. The third-order valence-corrected chi connectivity index (χ3v) is 1.87. The van der Waals surface area contributed by atoms with Gasteiger partial charge in [-0.15, -0.1) is 0 Å². The summed E-state index contributed by atoms with van der Waals surface area (Å²) >= 11 is 0. The topological polar surface area (TPSA) is 246 Å². The second-order valence-corrected chi connectivity index (χ2v) is 4.48. The van der Waals surface area contributed by atoms with Gasteiger partial charge >= 0.3 is 75.3 Å². The molecule has 0 saturated carbocycles. The van der Waals surface area contributed by atoms with E-state index in [1.165, 1.54) is 19.5 Å². The van der Waals surface area contributed by atoms with Crippen LogP contribution in [-0.4, -0.2) is 69.3 Å². The van der Waals surface area contributed by atoms with E-state index < -0.39 is 35.8 Å². The number of aliphatic carboxylic acids is 6. The quantitative estimate of drug-likeness (QED) is 0.119. The van der Waals surface area contributed by atoms with Gasteiger partial charge in [-0.1, -0.05) is 6.92 Å². The molecule has 6 N–H and O–H groups in total. The number of carboxylic acid groups (broad SMARTS) is 6. The van der Waals surface area contributed by atoms with Crippen molar-refractivity contribution in [2.75, 3.05) is 13.1 Å². The summed E-state index contributed by atoms with van der Waals surface area (Å²) in [5.41, 5.74) is 0. The number of hydrogen-bond acceptors (Lipinski definition) is 8. The number of carboxylic acids is 6. The first-order valence-electron chi connectivity index (χ1n) is 7.99. The van der Waals surface area contributed by atoms with E-state index in [-0.39, 0.29) is 51.4 Å². The second kappa shape index (κ2) is 29.8. The van der Waals surface area contributed by atoms with Gasteiger partial charge in [0, 0.05) is 24.3 Å². The van der Waals surface area contributed by atoms with Crippen molar-refractivity contribution in [2.45, 2.75) is 20.3 Å². The van der Waals surface area contributed by atoms with E-state index in [0.717, 1.165) is 0 Å². The van der Waals surface area contributed by atoms with E-state index in [2.05, 4.69) is 19.2 Å². The van der Waals surface area contributed by atoms with Crippen LogP contribution in [0.4, 0.5) is 0 Å². The average Bonchev–Trinajstić information content (AvgIpc) is 2.63. The third-order valence-electron chi connectivity index (χ3n) is 1.87. The molecule has 31 heavy (non-hydrogen) atoms. The van der Waals surface area contributed by atoms with Gasteiger partial charge in [-0.3, -0.25) is 0 Å². The normalized spacial score (nSPS) is 9.10. The number of carbonyl (C=O) groups excluding carboxylic acids is 2. The summed E-state index contributed by atoms with van der Waals surface area (Å²) in [4.78, 5) is 57.0. The monoisotopic (exact) mass is 473 g/mol. The Hall–Kier alpha value is -2.36. The number of quaternary nitrogens is 1. The van der Waals surface area contributed by atoms with Crippen LogP contribution in [0.5, 0.6) is 0 Å². The third kappa shape index (κ3) is 74.3. The summed E-state index contributed by atoms with van der Waals surface area (Å²) in [7, 11) is 0. The van der Waals surface area contributed by atoms with Crippen LogP contribution in [0.2, 0.25) is 0 Å². The van der Waals surface area contributed by atoms with Gasteiger partial charge in [0.15, 0.2) is 0 Å². The summed E-state index contributed by atoms with van der Waals surface area (Å²) in [6.07, 6.45) is 4.30. The molecule has 0 heterocycles. The maximum Gasteiger partial charge on any atom is 1.00 e. The average molecular weight is 473 g/mol. The SMILES string of the molecule is CCC[NH2+]CC.O=C(O)/C=C/C(=O)O.O=C(O)/C=C/C(=O)O.O=C([O-])/C=C/C(=O)[O-].[K+]. The molecule has 0 bridgehead atoms. The fraction of sp³-hybridized carbons (Fsp3) is 0.294. The van der Waals surface area contributed by atoms with Crippen LogP contribution in [-0.2, 0) is 28.8 Å². The van der Waals surface area contributed by atoms with Gasteiger partial charge < -0.3 is 45.5 Å². The number of carbonyl (C=O) groups is 6. The largest absolute Gasteiger partial charge is 1.00 e. The molecule has 0 rings (SSSR count). The number of rotatable bonds is 9. The first kappa shape index (κ1) is 39.1. The summed E-state index contributed by atoms with van der Waals surface area (Å²) < 4.78 is 0. The van der Waals surface area contributed by atoms with Crippen molar-refractivity contribution in [3.63, 3.8) is 0 Å². The molecular weight excluding hydrogens is 449 g/mol. The van der Waals surface area contributed by atoms with Crippen LogP contribution >= 0.6 is 0 Å². The Kier molecular flexibility index (Phi) is 37.7. The minimum absolute atomic E-state index is 0. The molecule has 0 aliphatic heterocycles. The molecule has 13 nitrogen and oxygen atoms in total. The van der Waals surface area contributed by atoms with E-state index in [1.807, 2.05) is 0 Å². The molecular formula is C17H24KNO12. The predicted octanol–water partition coefficient (Wildman–Crippen LogP) is -6.55. The van der Waals surface area contributed by atoms with Gasteiger partial charge in [0.2, 0.25) is 0 Å². The molecule has 0 atom stereocenters. The zero-order valence-corrected chi connectivity index (χ0v) is 20.3. The van der Waals surface area contributed by atoms with Crippen molar-refractivity contribution in [3.8, 4) is 0 Å². The van der Waals surface area contributed by atoms with Crippen molar-refractivity contribution in [2.24, 2.45) is 0 Å². The van der Waals surface area contributed by atoms with Crippen LogP contribution in [0.3, 0.4) is 0 Å². The predicted molar refractivity (Wildman–Crippen MR) is 95.6 cm³/mol. The minimum atomic E-state index is -1.55. The molecule has 14 heteroatoms. The maximum atomic E-state index is 9.55. The Labute approximate surface area is 220 Å².